The number of hydrogen-bond donors (Lipinski definition) is 2. The molecule has 1 aromatic heterocycles. The van der Waals surface area contributed by atoms with E-state index in [1.165, 1.54) is 18.4 Å². The Hall–Kier alpha value is -6.87. The maximum Gasteiger partial charge on any atom is 0.264 e. The van der Waals surface area contributed by atoms with Gasteiger partial charge < -0.3 is 44.0 Å². The van der Waals surface area contributed by atoms with Crippen LogP contribution in [-0.2, 0) is 50.9 Å². The van der Waals surface area contributed by atoms with Crippen molar-refractivity contribution in [1.29, 1.82) is 0 Å². The Morgan fingerprint density at radius 1 is 0.740 bits per heavy atom. The summed E-state index contributed by atoms with van der Waals surface area (Å²) in [4.78, 5) is 87.1. The third kappa shape index (κ3) is 13.0. The number of aromatic nitrogens is 1. The zero-order chi connectivity index (χ0) is 51.3. The number of rotatable bonds is 26. The molecule has 5 aromatic rings. The molecule has 19 heteroatoms. The first-order chi connectivity index (χ1) is 35.5. The van der Waals surface area contributed by atoms with Gasteiger partial charge in [0.1, 0.15) is 18.4 Å². The number of nitrogens with one attached hydrogen (secondary N) is 2. The Labute approximate surface area is 427 Å². The molecule has 1 saturated heterocycles. The number of thiazole rings is 1. The number of carbonyl (C=O) groups is 6. The first-order valence-electron chi connectivity index (χ1n) is 24.4. The van der Waals surface area contributed by atoms with E-state index in [1.807, 2.05) is 79.4 Å². The van der Waals surface area contributed by atoms with E-state index in [9.17, 15) is 28.8 Å². The number of amides is 6. The van der Waals surface area contributed by atoms with Crippen molar-refractivity contribution in [3.63, 3.8) is 0 Å². The van der Waals surface area contributed by atoms with Crippen molar-refractivity contribution in [1.82, 2.24) is 14.8 Å². The third-order valence-corrected chi connectivity index (χ3v) is 13.5. The number of likely N-dealkylation sites (tertiary alicyclic amines) is 1. The summed E-state index contributed by atoms with van der Waals surface area (Å²) in [7, 11) is 1.36. The number of benzene rings is 4. The first-order valence-corrected chi connectivity index (χ1v) is 25.2. The number of nitrogens with zero attached hydrogens (tertiary/aromatic N) is 4. The maximum atomic E-state index is 13.4. The predicted molar refractivity (Wildman–Crippen MR) is 273 cm³/mol. The van der Waals surface area contributed by atoms with Crippen molar-refractivity contribution in [2.45, 2.75) is 45.6 Å². The van der Waals surface area contributed by atoms with E-state index in [4.69, 9.17) is 33.4 Å². The summed E-state index contributed by atoms with van der Waals surface area (Å²) in [5.41, 5.74) is 7.14. The third-order valence-electron chi connectivity index (χ3n) is 12.6. The van der Waals surface area contributed by atoms with Crippen LogP contribution in [0.5, 0.6) is 5.75 Å². The van der Waals surface area contributed by atoms with E-state index in [0.29, 0.717) is 108 Å². The van der Waals surface area contributed by atoms with Crippen molar-refractivity contribution < 1.29 is 57.2 Å². The highest BCUT2D eigenvalue weighted by atomic mass is 32.1. The average molecular weight is 1020 g/mol. The van der Waals surface area contributed by atoms with Gasteiger partial charge in [-0.15, -0.1) is 11.3 Å². The Morgan fingerprint density at radius 3 is 2.15 bits per heavy atom. The van der Waals surface area contributed by atoms with E-state index >= 15 is 0 Å². The number of ether oxygens (including phenoxy) is 6. The normalized spacial score (nSPS) is 15.3. The fraction of sp³-hybridized carbons (Fsp3) is 0.389. The molecule has 1 unspecified atom stereocenters. The van der Waals surface area contributed by atoms with Crippen LogP contribution in [0.4, 0.5) is 16.5 Å². The molecule has 0 radical (unpaired) electrons. The molecule has 18 nitrogen and oxygen atoms in total. The summed E-state index contributed by atoms with van der Waals surface area (Å²) in [6.45, 7) is 9.10. The van der Waals surface area contributed by atoms with Gasteiger partial charge in [0.05, 0.1) is 89.3 Å². The molecular formula is C54H60N6O12S. The standard InChI is InChI=1S/C54H60N6O12S/c1-35-8-4-5-11-41(35)50(63)59-20-18-38-34-39(14-15-44(38)59)49-36(2)73-54(57-49)56-46(61)33-37-9-6-10-40(32-37)72-31-30-71-29-28-70-27-26-69-25-24-68-23-22-67-21-19-55-43-13-7-12-42-48(43)53(66)60(51(42)64)45-16-17-47(62)58(3)52(45)65/h4-15,32,34,45,55H,16-31,33H2,1-3H3,(H,56,57,61). The summed E-state index contributed by atoms with van der Waals surface area (Å²) in [5.74, 6) is -1.54. The molecule has 6 amide bonds. The summed E-state index contributed by atoms with van der Waals surface area (Å²) in [6.07, 6.45) is 1.10. The molecule has 4 aromatic carbocycles. The number of imide groups is 2. The molecule has 73 heavy (non-hydrogen) atoms. The van der Waals surface area contributed by atoms with Crippen LogP contribution < -0.4 is 20.3 Å². The molecule has 4 heterocycles. The first kappa shape index (κ1) is 52.5. The van der Waals surface area contributed by atoms with Gasteiger partial charge in [-0.25, -0.2) is 4.98 Å². The van der Waals surface area contributed by atoms with Crippen LogP contribution >= 0.6 is 11.3 Å². The van der Waals surface area contributed by atoms with Gasteiger partial charge in [-0.05, 0) is 85.8 Å². The quantitative estimate of drug-likeness (QED) is 0.0473. The number of fused-ring (bicyclic) bond motifs is 2. The molecule has 384 valence electrons. The lowest BCUT2D eigenvalue weighted by Gasteiger charge is -2.32. The molecule has 0 spiro atoms. The lowest BCUT2D eigenvalue weighted by atomic mass is 10.0. The molecule has 0 saturated carbocycles. The van der Waals surface area contributed by atoms with Crippen molar-refractivity contribution in [2.75, 3.05) is 108 Å². The maximum absolute atomic E-state index is 13.4. The molecule has 3 aliphatic rings. The van der Waals surface area contributed by atoms with Crippen molar-refractivity contribution in [3.8, 4) is 17.0 Å². The Bertz CT molecular complexity index is 2820. The molecule has 1 fully saturated rings. The lowest BCUT2D eigenvalue weighted by Crippen LogP contribution is -2.54. The number of hydrogen-bond acceptors (Lipinski definition) is 15. The minimum absolute atomic E-state index is 0.00671. The zero-order valence-electron chi connectivity index (χ0n) is 41.3. The summed E-state index contributed by atoms with van der Waals surface area (Å²) < 4.78 is 33.9. The van der Waals surface area contributed by atoms with Gasteiger partial charge in [0.2, 0.25) is 11.8 Å². The van der Waals surface area contributed by atoms with E-state index in [-0.39, 0.29) is 48.1 Å². The van der Waals surface area contributed by atoms with Gasteiger partial charge in [-0.2, -0.15) is 0 Å². The molecule has 8 rings (SSSR count). The highest BCUT2D eigenvalue weighted by molar-refractivity contribution is 7.16. The van der Waals surface area contributed by atoms with Crippen LogP contribution in [0.2, 0.25) is 0 Å². The molecule has 2 N–H and O–H groups in total. The molecule has 0 bridgehead atoms. The number of carbonyl (C=O) groups excluding carboxylic acids is 6. The number of aryl methyl sites for hydroxylation is 2. The van der Waals surface area contributed by atoms with Crippen LogP contribution in [0.3, 0.4) is 0 Å². The summed E-state index contributed by atoms with van der Waals surface area (Å²) >= 11 is 1.43. The zero-order valence-corrected chi connectivity index (χ0v) is 42.1. The van der Waals surface area contributed by atoms with Gasteiger partial charge in [-0.1, -0.05) is 42.5 Å². The number of anilines is 3. The predicted octanol–water partition coefficient (Wildman–Crippen LogP) is 6.13. The van der Waals surface area contributed by atoms with E-state index in [2.05, 4.69) is 16.7 Å². The SMILES string of the molecule is Cc1ccccc1C(=O)N1CCc2cc(-c3nc(NC(=O)Cc4cccc(OCCOCCOCCOCCOCCOCCNc5cccc6c5C(=O)N(C5CCC(=O)N(C)C5=O)C6=O)c4)sc3C)ccc21. The fourth-order valence-corrected chi connectivity index (χ4v) is 9.71. The largest absolute Gasteiger partial charge is 0.491 e. The van der Waals surface area contributed by atoms with Crippen molar-refractivity contribution in [2.24, 2.45) is 0 Å². The van der Waals surface area contributed by atoms with Crippen LogP contribution in [0.1, 0.15) is 65.5 Å². The van der Waals surface area contributed by atoms with Gasteiger partial charge in [0.15, 0.2) is 5.13 Å². The van der Waals surface area contributed by atoms with Crippen LogP contribution in [0, 0.1) is 13.8 Å². The van der Waals surface area contributed by atoms with Crippen molar-refractivity contribution in [3.05, 3.63) is 123 Å². The number of likely N-dealkylation sites (N-methyl/N-ethyl adjacent to an activating group) is 1. The van der Waals surface area contributed by atoms with Crippen molar-refractivity contribution >= 4 is 63.3 Å². The van der Waals surface area contributed by atoms with Crippen LogP contribution in [0.25, 0.3) is 11.3 Å². The Kier molecular flexibility index (Phi) is 18.1. The number of piperidine rings is 1. The minimum atomic E-state index is -1.01. The van der Waals surface area contributed by atoms with E-state index in [1.54, 1.807) is 18.2 Å². The molecule has 0 aliphatic carbocycles. The van der Waals surface area contributed by atoms with Gasteiger partial charge in [0.25, 0.3) is 23.6 Å². The summed E-state index contributed by atoms with van der Waals surface area (Å²) in [5, 5.41) is 6.64. The molecular weight excluding hydrogens is 957 g/mol. The fourth-order valence-electron chi connectivity index (χ4n) is 8.86. The van der Waals surface area contributed by atoms with Crippen LogP contribution in [0.15, 0.2) is 84.9 Å². The van der Waals surface area contributed by atoms with E-state index in [0.717, 1.165) is 54.7 Å². The highest BCUT2D eigenvalue weighted by Gasteiger charge is 2.47. The van der Waals surface area contributed by atoms with Gasteiger partial charge in [0, 0.05) is 53.9 Å². The highest BCUT2D eigenvalue weighted by Crippen LogP contribution is 2.37. The smallest absolute Gasteiger partial charge is 0.264 e. The summed E-state index contributed by atoms with van der Waals surface area (Å²) in [6, 6.07) is 25.1. The molecule has 3 aliphatic heterocycles. The topological polar surface area (TPSA) is 204 Å². The van der Waals surface area contributed by atoms with Crippen LogP contribution in [-0.4, -0.2) is 149 Å². The van der Waals surface area contributed by atoms with Gasteiger partial charge in [-0.3, -0.25) is 38.6 Å². The second-order valence-electron chi connectivity index (χ2n) is 17.6. The average Bonchev–Trinajstić information content (AvgIpc) is 4.06. The minimum Gasteiger partial charge on any atom is -0.491 e. The Balaban J connectivity index is 0.626. The van der Waals surface area contributed by atoms with Gasteiger partial charge >= 0.3 is 0 Å². The van der Waals surface area contributed by atoms with E-state index < -0.39 is 23.8 Å². The second-order valence-corrected chi connectivity index (χ2v) is 18.8. The molecule has 1 atom stereocenters. The Morgan fingerprint density at radius 2 is 1.42 bits per heavy atom. The second kappa shape index (κ2) is 25.2. The monoisotopic (exact) mass is 1020 g/mol. The lowest BCUT2D eigenvalue weighted by molar-refractivity contribution is -0.149.